The molecule has 0 saturated carbocycles. The second-order valence-electron chi connectivity index (χ2n) is 6.24. The normalized spacial score (nSPS) is 12.4. The number of hydrogen-bond donors (Lipinski definition) is 1. The van der Waals surface area contributed by atoms with Gasteiger partial charge in [0.1, 0.15) is 16.2 Å². The maximum absolute atomic E-state index is 13.4. The monoisotopic (exact) mass is 422 g/mol. The number of rotatable bonds is 4. The first-order valence-corrected chi connectivity index (χ1v) is 9.50. The van der Waals surface area contributed by atoms with E-state index in [4.69, 9.17) is 4.74 Å². The van der Waals surface area contributed by atoms with E-state index in [9.17, 15) is 22.8 Å². The molecule has 3 rings (SSSR count). The fraction of sp³-hybridized carbons (Fsp3) is 0.250. The van der Waals surface area contributed by atoms with Crippen molar-refractivity contribution in [2.75, 3.05) is 6.61 Å². The smallest absolute Gasteiger partial charge is 0.416 e. The van der Waals surface area contributed by atoms with Crippen LogP contribution in [-0.2, 0) is 15.7 Å². The van der Waals surface area contributed by atoms with Gasteiger partial charge >= 0.3 is 12.1 Å². The number of carbonyl (C=O) groups excluding carboxylic acids is 1. The number of carbonyl (C=O) groups is 1. The first-order valence-electron chi connectivity index (χ1n) is 8.69. The van der Waals surface area contributed by atoms with Crippen molar-refractivity contribution in [1.29, 1.82) is 0 Å². The van der Waals surface area contributed by atoms with Crippen molar-refractivity contribution in [3.8, 4) is 0 Å². The summed E-state index contributed by atoms with van der Waals surface area (Å²) in [6, 6.07) is 4.83. The van der Waals surface area contributed by atoms with Gasteiger partial charge < -0.3 is 9.72 Å². The molecule has 3 aromatic rings. The van der Waals surface area contributed by atoms with Crippen molar-refractivity contribution in [2.24, 2.45) is 0 Å². The molecule has 2 aromatic heterocycles. The van der Waals surface area contributed by atoms with Gasteiger partial charge in [-0.3, -0.25) is 4.79 Å². The Morgan fingerprint density at radius 1 is 1.28 bits per heavy atom. The highest BCUT2D eigenvalue weighted by molar-refractivity contribution is 7.18. The van der Waals surface area contributed by atoms with Gasteiger partial charge in [0.15, 0.2) is 0 Å². The van der Waals surface area contributed by atoms with Gasteiger partial charge in [-0.25, -0.2) is 9.78 Å². The van der Waals surface area contributed by atoms with Crippen LogP contribution in [0.3, 0.4) is 0 Å². The minimum Gasteiger partial charge on any atom is -0.462 e. The SMILES string of the molecule is CCOC(=O)/C(=C/c1ccccc1C(F)(F)F)c1nc2sc(C)c(C)c2c(=O)[nH]1. The quantitative estimate of drug-likeness (QED) is 0.488. The summed E-state index contributed by atoms with van der Waals surface area (Å²) >= 11 is 1.27. The fourth-order valence-electron chi connectivity index (χ4n) is 2.85. The predicted octanol–water partition coefficient (Wildman–Crippen LogP) is 4.72. The molecule has 152 valence electrons. The van der Waals surface area contributed by atoms with Crippen LogP contribution in [0.4, 0.5) is 13.2 Å². The highest BCUT2D eigenvalue weighted by Crippen LogP contribution is 2.34. The van der Waals surface area contributed by atoms with Gasteiger partial charge in [0.25, 0.3) is 5.56 Å². The molecule has 2 heterocycles. The van der Waals surface area contributed by atoms with Crippen LogP contribution in [0.15, 0.2) is 29.1 Å². The third-order valence-electron chi connectivity index (χ3n) is 4.36. The zero-order chi connectivity index (χ0) is 21.3. The Morgan fingerprint density at radius 2 is 1.97 bits per heavy atom. The van der Waals surface area contributed by atoms with Crippen molar-refractivity contribution in [1.82, 2.24) is 9.97 Å². The lowest BCUT2D eigenvalue weighted by atomic mass is 10.0. The summed E-state index contributed by atoms with van der Waals surface area (Å²) in [4.78, 5) is 33.2. The lowest BCUT2D eigenvalue weighted by molar-refractivity contribution is -0.138. The molecule has 0 aliphatic heterocycles. The average Bonchev–Trinajstić information content (AvgIpc) is 2.93. The van der Waals surface area contributed by atoms with Crippen LogP contribution in [0.5, 0.6) is 0 Å². The first-order chi connectivity index (χ1) is 13.6. The predicted molar refractivity (Wildman–Crippen MR) is 106 cm³/mol. The van der Waals surface area contributed by atoms with E-state index in [1.54, 1.807) is 13.8 Å². The van der Waals surface area contributed by atoms with E-state index >= 15 is 0 Å². The molecule has 0 spiro atoms. The Balaban J connectivity index is 2.26. The van der Waals surface area contributed by atoms with E-state index < -0.39 is 23.3 Å². The van der Waals surface area contributed by atoms with Gasteiger partial charge in [0, 0.05) is 4.88 Å². The summed E-state index contributed by atoms with van der Waals surface area (Å²) < 4.78 is 45.0. The van der Waals surface area contributed by atoms with Crippen LogP contribution in [0.25, 0.3) is 21.9 Å². The molecule has 1 aromatic carbocycles. The number of aromatic nitrogens is 2. The first kappa shape index (κ1) is 20.8. The number of aromatic amines is 1. The average molecular weight is 422 g/mol. The molecule has 0 atom stereocenters. The summed E-state index contributed by atoms with van der Waals surface area (Å²) in [6.45, 7) is 5.21. The molecule has 0 aliphatic carbocycles. The Bertz CT molecular complexity index is 1180. The molecule has 1 N–H and O–H groups in total. The van der Waals surface area contributed by atoms with Crippen LogP contribution in [0.1, 0.15) is 34.3 Å². The number of aryl methyl sites for hydroxylation is 2. The number of nitrogens with one attached hydrogen (secondary N) is 1. The molecule has 0 aliphatic rings. The van der Waals surface area contributed by atoms with E-state index in [0.29, 0.717) is 10.2 Å². The number of H-pyrrole nitrogens is 1. The Hall–Kier alpha value is -2.94. The summed E-state index contributed by atoms with van der Waals surface area (Å²) in [6.07, 6.45) is -3.57. The van der Waals surface area contributed by atoms with Gasteiger partial charge in [-0.2, -0.15) is 13.2 Å². The molecule has 9 heteroatoms. The van der Waals surface area contributed by atoms with Crippen LogP contribution < -0.4 is 5.56 Å². The third kappa shape index (κ3) is 4.09. The number of nitrogens with zero attached hydrogens (tertiary/aromatic N) is 1. The summed E-state index contributed by atoms with van der Waals surface area (Å²) in [7, 11) is 0. The molecule has 0 radical (unpaired) electrons. The molecule has 5 nitrogen and oxygen atoms in total. The van der Waals surface area contributed by atoms with E-state index in [2.05, 4.69) is 9.97 Å². The maximum atomic E-state index is 13.4. The number of alkyl halides is 3. The van der Waals surface area contributed by atoms with E-state index in [0.717, 1.165) is 22.6 Å². The molecule has 0 bridgehead atoms. The fourth-order valence-corrected chi connectivity index (χ4v) is 3.88. The summed E-state index contributed by atoms with van der Waals surface area (Å²) in [5.41, 5.74) is -1.09. The molecule has 0 amide bonds. The highest BCUT2D eigenvalue weighted by Gasteiger charge is 2.33. The van der Waals surface area contributed by atoms with Crippen molar-refractivity contribution in [2.45, 2.75) is 26.9 Å². The molecular formula is C20H17F3N2O3S. The van der Waals surface area contributed by atoms with Crippen LogP contribution in [-0.4, -0.2) is 22.5 Å². The molecular weight excluding hydrogens is 405 g/mol. The lowest BCUT2D eigenvalue weighted by Gasteiger charge is -2.12. The van der Waals surface area contributed by atoms with Crippen molar-refractivity contribution >= 4 is 39.2 Å². The standard InChI is InChI=1S/C20H17F3N2O3S/c1-4-28-19(27)13(9-12-7-5-6-8-14(12)20(21,22)23)16-24-17(26)15-10(2)11(3)29-18(15)25-16/h5-9H,4H2,1-3H3,(H,24,25,26)/b13-9+. The van der Waals surface area contributed by atoms with E-state index in [1.807, 2.05) is 6.92 Å². The third-order valence-corrected chi connectivity index (χ3v) is 5.46. The van der Waals surface area contributed by atoms with Crippen molar-refractivity contribution < 1.29 is 22.7 Å². The molecule has 29 heavy (non-hydrogen) atoms. The number of ether oxygens (including phenoxy) is 1. The second-order valence-corrected chi connectivity index (χ2v) is 7.44. The topological polar surface area (TPSA) is 72.0 Å². The number of halogens is 3. The zero-order valence-corrected chi connectivity index (χ0v) is 16.6. The van der Waals surface area contributed by atoms with Crippen LogP contribution >= 0.6 is 11.3 Å². The Kier molecular flexibility index (Phi) is 5.61. The molecule has 0 unspecified atom stereocenters. The van der Waals surface area contributed by atoms with E-state index in [1.165, 1.54) is 29.5 Å². The van der Waals surface area contributed by atoms with Crippen LogP contribution in [0, 0.1) is 13.8 Å². The van der Waals surface area contributed by atoms with Gasteiger partial charge in [0.2, 0.25) is 0 Å². The minimum atomic E-state index is -4.61. The number of fused-ring (bicyclic) bond motifs is 1. The summed E-state index contributed by atoms with van der Waals surface area (Å²) in [5.74, 6) is -1.02. The van der Waals surface area contributed by atoms with Gasteiger partial charge in [0.05, 0.1) is 17.6 Å². The Labute approximate surface area is 167 Å². The van der Waals surface area contributed by atoms with Gasteiger partial charge in [-0.05, 0) is 44.0 Å². The number of benzene rings is 1. The zero-order valence-electron chi connectivity index (χ0n) is 15.8. The van der Waals surface area contributed by atoms with E-state index in [-0.39, 0.29) is 23.6 Å². The summed E-state index contributed by atoms with van der Waals surface area (Å²) in [5, 5.41) is 0.398. The minimum absolute atomic E-state index is 0.0147. The number of hydrogen-bond acceptors (Lipinski definition) is 5. The van der Waals surface area contributed by atoms with Crippen LogP contribution in [0.2, 0.25) is 0 Å². The Morgan fingerprint density at radius 3 is 2.62 bits per heavy atom. The second kappa shape index (κ2) is 7.82. The largest absolute Gasteiger partial charge is 0.462 e. The number of thiophene rings is 1. The van der Waals surface area contributed by atoms with Crippen molar-refractivity contribution in [3.63, 3.8) is 0 Å². The highest BCUT2D eigenvalue weighted by atomic mass is 32.1. The van der Waals surface area contributed by atoms with Gasteiger partial charge in [-0.1, -0.05) is 18.2 Å². The van der Waals surface area contributed by atoms with Gasteiger partial charge in [-0.15, -0.1) is 11.3 Å². The lowest BCUT2D eigenvalue weighted by Crippen LogP contribution is -2.16. The maximum Gasteiger partial charge on any atom is 0.416 e. The van der Waals surface area contributed by atoms with Crippen molar-refractivity contribution in [3.05, 3.63) is 62.0 Å². The molecule has 0 fully saturated rings. The number of esters is 1. The molecule has 0 saturated heterocycles.